The Kier molecular flexibility index (Phi) is 4.72. The summed E-state index contributed by atoms with van der Waals surface area (Å²) in [7, 11) is 0. The third-order valence-corrected chi connectivity index (χ3v) is 5.54. The third-order valence-electron chi connectivity index (χ3n) is 4.08. The van der Waals surface area contributed by atoms with Gasteiger partial charge in [0.1, 0.15) is 5.82 Å². The largest absolute Gasteiger partial charge is 0.435 e. The molecule has 0 saturated heterocycles. The Morgan fingerprint density at radius 1 is 0.893 bits per heavy atom. The van der Waals surface area contributed by atoms with Crippen molar-refractivity contribution in [1.29, 1.82) is 0 Å². The second-order valence-electron chi connectivity index (χ2n) is 5.92. The summed E-state index contributed by atoms with van der Waals surface area (Å²) in [6.45, 7) is 0. The minimum Gasteiger partial charge on any atom is -0.230 e. The van der Waals surface area contributed by atoms with Gasteiger partial charge in [0.05, 0.1) is 21.3 Å². The Labute approximate surface area is 166 Å². The summed E-state index contributed by atoms with van der Waals surface area (Å²) in [5.41, 5.74) is -0.0783. The van der Waals surface area contributed by atoms with Crippen molar-refractivity contribution in [3.8, 4) is 26.7 Å². The molecule has 0 radical (unpaired) electrons. The first-order chi connectivity index (χ1) is 13.3. The molecule has 4 rings (SSSR count). The summed E-state index contributed by atoms with van der Waals surface area (Å²) in [6.07, 6.45) is -4.60. The minimum absolute atomic E-state index is 0.230. The molecule has 2 aromatic carbocycles. The van der Waals surface area contributed by atoms with Crippen LogP contribution in [0.25, 0.3) is 26.7 Å². The van der Waals surface area contributed by atoms with Crippen molar-refractivity contribution < 1.29 is 17.6 Å². The molecule has 0 atom stereocenters. The average molecular weight is 423 g/mol. The molecule has 0 unspecified atom stereocenters. The first-order valence-corrected chi connectivity index (χ1v) is 9.31. The molecule has 28 heavy (non-hydrogen) atoms. The van der Waals surface area contributed by atoms with Crippen LogP contribution in [0.3, 0.4) is 0 Å². The molecule has 2 aromatic heterocycles. The number of benzene rings is 2. The van der Waals surface area contributed by atoms with E-state index < -0.39 is 17.7 Å². The van der Waals surface area contributed by atoms with Gasteiger partial charge in [-0.1, -0.05) is 41.9 Å². The number of rotatable bonds is 3. The number of halogens is 5. The highest BCUT2D eigenvalue weighted by atomic mass is 35.5. The van der Waals surface area contributed by atoms with Crippen molar-refractivity contribution in [1.82, 2.24) is 9.78 Å². The van der Waals surface area contributed by atoms with E-state index in [2.05, 4.69) is 5.10 Å². The van der Waals surface area contributed by atoms with Crippen LogP contribution in [0.5, 0.6) is 0 Å². The second kappa shape index (κ2) is 7.07. The molecule has 0 aliphatic rings. The van der Waals surface area contributed by atoms with E-state index in [0.717, 1.165) is 6.07 Å². The zero-order valence-electron chi connectivity index (χ0n) is 14.0. The van der Waals surface area contributed by atoms with Gasteiger partial charge in [0.15, 0.2) is 5.69 Å². The lowest BCUT2D eigenvalue weighted by Crippen LogP contribution is -2.07. The quantitative estimate of drug-likeness (QED) is 0.322. The lowest BCUT2D eigenvalue weighted by Gasteiger charge is -2.08. The number of hydrogen-bond acceptors (Lipinski definition) is 2. The highest BCUT2D eigenvalue weighted by Crippen LogP contribution is 2.39. The first-order valence-electron chi connectivity index (χ1n) is 8.12. The Bertz CT molecular complexity index is 1150. The van der Waals surface area contributed by atoms with Gasteiger partial charge in [-0.15, -0.1) is 11.3 Å². The van der Waals surface area contributed by atoms with Gasteiger partial charge in [-0.3, -0.25) is 0 Å². The number of alkyl halides is 3. The van der Waals surface area contributed by atoms with E-state index in [1.807, 2.05) is 0 Å². The van der Waals surface area contributed by atoms with Crippen LogP contribution in [-0.2, 0) is 6.18 Å². The summed E-state index contributed by atoms with van der Waals surface area (Å²) in [5.74, 6) is -0.397. The van der Waals surface area contributed by atoms with Crippen LogP contribution < -0.4 is 0 Å². The smallest absolute Gasteiger partial charge is 0.230 e. The van der Waals surface area contributed by atoms with Crippen LogP contribution in [0.1, 0.15) is 5.69 Å². The number of para-hydroxylation sites is 1. The van der Waals surface area contributed by atoms with Gasteiger partial charge >= 0.3 is 6.18 Å². The van der Waals surface area contributed by atoms with Crippen molar-refractivity contribution in [2.45, 2.75) is 6.18 Å². The normalized spacial score (nSPS) is 11.8. The second-order valence-corrected chi connectivity index (χ2v) is 7.41. The minimum atomic E-state index is -4.60. The molecule has 2 nitrogen and oxygen atoms in total. The van der Waals surface area contributed by atoms with Crippen LogP contribution in [0, 0.1) is 5.82 Å². The van der Waals surface area contributed by atoms with Gasteiger partial charge in [-0.25, -0.2) is 9.07 Å². The molecule has 142 valence electrons. The van der Waals surface area contributed by atoms with Gasteiger partial charge < -0.3 is 0 Å². The van der Waals surface area contributed by atoms with E-state index in [0.29, 0.717) is 21.0 Å². The molecule has 0 N–H and O–H groups in total. The molecule has 0 fully saturated rings. The van der Waals surface area contributed by atoms with Gasteiger partial charge in [0.2, 0.25) is 0 Å². The molecule has 0 spiro atoms. The van der Waals surface area contributed by atoms with Crippen molar-refractivity contribution >= 4 is 22.9 Å². The van der Waals surface area contributed by atoms with E-state index in [-0.39, 0.29) is 10.7 Å². The highest BCUT2D eigenvalue weighted by Gasteiger charge is 2.35. The van der Waals surface area contributed by atoms with Crippen molar-refractivity contribution in [3.63, 3.8) is 0 Å². The molecule has 0 aliphatic heterocycles. The number of thiophene rings is 1. The van der Waals surface area contributed by atoms with E-state index in [1.54, 1.807) is 54.6 Å². The summed E-state index contributed by atoms with van der Waals surface area (Å²) in [4.78, 5) is 1.12. The summed E-state index contributed by atoms with van der Waals surface area (Å²) in [5, 5.41) is 4.00. The van der Waals surface area contributed by atoms with Gasteiger partial charge in [-0.2, -0.15) is 18.3 Å². The molecule has 0 saturated carbocycles. The fourth-order valence-electron chi connectivity index (χ4n) is 2.78. The van der Waals surface area contributed by atoms with Crippen molar-refractivity contribution in [3.05, 3.63) is 83.3 Å². The van der Waals surface area contributed by atoms with Gasteiger partial charge in [-0.05, 0) is 36.4 Å². The van der Waals surface area contributed by atoms with Gasteiger partial charge in [0, 0.05) is 10.4 Å². The maximum absolute atomic E-state index is 14.1. The van der Waals surface area contributed by atoms with Crippen LogP contribution in [0.15, 0.2) is 66.7 Å². The fraction of sp³-hybridized carbons (Fsp3) is 0.0500. The third kappa shape index (κ3) is 3.43. The number of hydrogen-bond donors (Lipinski definition) is 0. The molecule has 0 amide bonds. The Balaban J connectivity index is 1.87. The Morgan fingerprint density at radius 3 is 2.29 bits per heavy atom. The Morgan fingerprint density at radius 2 is 1.57 bits per heavy atom. The van der Waals surface area contributed by atoms with Crippen LogP contribution >= 0.6 is 22.9 Å². The summed E-state index contributed by atoms with van der Waals surface area (Å²) >= 11 is 7.36. The van der Waals surface area contributed by atoms with Crippen molar-refractivity contribution in [2.75, 3.05) is 0 Å². The molecule has 2 heterocycles. The zero-order valence-corrected chi connectivity index (χ0v) is 15.6. The predicted molar refractivity (Wildman–Crippen MR) is 102 cm³/mol. The van der Waals surface area contributed by atoms with Crippen LogP contribution in [0.2, 0.25) is 5.02 Å². The van der Waals surface area contributed by atoms with Crippen LogP contribution in [0.4, 0.5) is 17.6 Å². The van der Waals surface area contributed by atoms with Gasteiger partial charge in [0.25, 0.3) is 0 Å². The molecule has 0 bridgehead atoms. The van der Waals surface area contributed by atoms with E-state index >= 15 is 0 Å². The summed E-state index contributed by atoms with van der Waals surface area (Å²) in [6, 6.07) is 17.1. The highest BCUT2D eigenvalue weighted by molar-refractivity contribution is 7.18. The maximum atomic E-state index is 14.1. The Hall–Kier alpha value is -2.64. The molecule has 0 aliphatic carbocycles. The summed E-state index contributed by atoms with van der Waals surface area (Å²) < 4.78 is 55.1. The molecule has 4 aromatic rings. The van der Waals surface area contributed by atoms with Crippen LogP contribution in [-0.4, -0.2) is 9.78 Å². The van der Waals surface area contributed by atoms with E-state index in [1.165, 1.54) is 22.1 Å². The molecular formula is C20H11ClF4N2S. The number of aromatic nitrogens is 2. The van der Waals surface area contributed by atoms with E-state index in [9.17, 15) is 17.6 Å². The zero-order chi connectivity index (χ0) is 19.9. The van der Waals surface area contributed by atoms with Crippen molar-refractivity contribution in [2.24, 2.45) is 0 Å². The maximum Gasteiger partial charge on any atom is 0.435 e. The van der Waals surface area contributed by atoms with E-state index in [4.69, 9.17) is 11.6 Å². The predicted octanol–water partition coefficient (Wildman–Crippen LogP) is 7.08. The first kappa shape index (κ1) is 18.7. The molecule has 8 heteroatoms. The molecular weight excluding hydrogens is 412 g/mol. The standard InChI is InChI=1S/C20H11ClF4N2S/c21-13-6-2-4-8-15(13)27-16(11-19(26-27)20(23,24)25)18-10-9-17(28-18)12-5-1-3-7-14(12)22/h1-11H. The number of nitrogens with zero attached hydrogens (tertiary/aromatic N) is 2. The average Bonchev–Trinajstić information content (AvgIpc) is 3.29. The topological polar surface area (TPSA) is 17.8 Å². The lowest BCUT2D eigenvalue weighted by atomic mass is 10.2. The monoisotopic (exact) mass is 422 g/mol. The fourth-order valence-corrected chi connectivity index (χ4v) is 4.03. The lowest BCUT2D eigenvalue weighted by molar-refractivity contribution is -0.141. The SMILES string of the molecule is Fc1ccccc1-c1ccc(-c2cc(C(F)(F)F)nn2-c2ccccc2Cl)s1.